The van der Waals surface area contributed by atoms with Crippen molar-refractivity contribution in [3.8, 4) is 5.69 Å². The number of carbonyl (C=O) groups excluding carboxylic acids is 1. The van der Waals surface area contributed by atoms with Crippen LogP contribution in [0.25, 0.3) is 15.9 Å². The maximum absolute atomic E-state index is 13.7. The van der Waals surface area contributed by atoms with Crippen LogP contribution in [0.5, 0.6) is 0 Å². The lowest BCUT2D eigenvalue weighted by molar-refractivity contribution is -0.384. The lowest BCUT2D eigenvalue weighted by atomic mass is 10.2. The van der Waals surface area contributed by atoms with Gasteiger partial charge in [-0.2, -0.15) is 0 Å². The van der Waals surface area contributed by atoms with Crippen LogP contribution in [-0.4, -0.2) is 39.0 Å². The van der Waals surface area contributed by atoms with Crippen molar-refractivity contribution in [1.82, 2.24) is 14.0 Å². The number of nitro benzene ring substituents is 1. The molecule has 1 amide bonds. The number of thiophene rings is 1. The largest absolute Gasteiger partial charge is 0.344 e. The number of amides is 1. The van der Waals surface area contributed by atoms with Crippen LogP contribution in [0.2, 0.25) is 5.02 Å². The molecular weight excluding hydrogens is 480 g/mol. The zero-order valence-corrected chi connectivity index (χ0v) is 20.0. The van der Waals surface area contributed by atoms with Gasteiger partial charge in [0.25, 0.3) is 17.2 Å². The van der Waals surface area contributed by atoms with E-state index in [0.29, 0.717) is 25.9 Å². The van der Waals surface area contributed by atoms with Gasteiger partial charge in [0.05, 0.1) is 21.7 Å². The number of nitro groups is 1. The highest BCUT2D eigenvalue weighted by Crippen LogP contribution is 2.30. The van der Waals surface area contributed by atoms with Crippen LogP contribution in [0.4, 0.5) is 5.69 Å². The lowest BCUT2D eigenvalue weighted by Crippen LogP contribution is -2.39. The van der Waals surface area contributed by atoms with Gasteiger partial charge >= 0.3 is 5.69 Å². The fraction of sp³-hybridized carbons (Fsp3) is 0.174. The van der Waals surface area contributed by atoms with Crippen molar-refractivity contribution in [2.75, 3.05) is 14.1 Å². The van der Waals surface area contributed by atoms with Gasteiger partial charge < -0.3 is 4.90 Å². The molecule has 11 heteroatoms. The summed E-state index contributed by atoms with van der Waals surface area (Å²) in [7, 11) is 3.18. The van der Waals surface area contributed by atoms with Crippen LogP contribution in [0, 0.1) is 17.0 Å². The first-order valence-electron chi connectivity index (χ1n) is 10.1. The smallest absolute Gasteiger partial charge is 0.337 e. The summed E-state index contributed by atoms with van der Waals surface area (Å²) in [6, 6.07) is 12.5. The molecule has 0 atom stereocenters. The average molecular weight is 499 g/mol. The van der Waals surface area contributed by atoms with Gasteiger partial charge in [-0.1, -0.05) is 41.9 Å². The number of aryl methyl sites for hydroxylation is 1. The summed E-state index contributed by atoms with van der Waals surface area (Å²) in [5.74, 6) is -0.313. The monoisotopic (exact) mass is 498 g/mol. The van der Waals surface area contributed by atoms with E-state index in [0.717, 1.165) is 15.9 Å². The topological polar surface area (TPSA) is 107 Å². The van der Waals surface area contributed by atoms with Gasteiger partial charge in [0.1, 0.15) is 10.5 Å². The van der Waals surface area contributed by atoms with E-state index in [1.165, 1.54) is 33.7 Å². The summed E-state index contributed by atoms with van der Waals surface area (Å²) >= 11 is 7.37. The fourth-order valence-corrected chi connectivity index (χ4v) is 5.22. The number of rotatable bonds is 5. The van der Waals surface area contributed by atoms with Crippen LogP contribution in [-0.2, 0) is 6.54 Å². The molecule has 0 saturated heterocycles. The summed E-state index contributed by atoms with van der Waals surface area (Å²) in [5, 5.41) is 12.2. The molecule has 9 nitrogen and oxygen atoms in total. The molecule has 0 aliphatic rings. The van der Waals surface area contributed by atoms with Crippen LogP contribution in [0.15, 0.2) is 58.1 Å². The number of benzene rings is 2. The molecular formula is C23H19ClN4O5S. The minimum Gasteiger partial charge on any atom is -0.344 e. The first kappa shape index (κ1) is 23.4. The number of fused-ring (bicyclic) bond motifs is 1. The first-order chi connectivity index (χ1) is 16.1. The highest BCUT2D eigenvalue weighted by molar-refractivity contribution is 7.20. The van der Waals surface area contributed by atoms with E-state index in [2.05, 4.69) is 0 Å². The fourth-order valence-electron chi connectivity index (χ4n) is 3.71. The number of carbonyl (C=O) groups is 1. The molecule has 2 aromatic carbocycles. The molecule has 0 saturated carbocycles. The highest BCUT2D eigenvalue weighted by Gasteiger charge is 2.27. The second kappa shape index (κ2) is 8.88. The zero-order chi connectivity index (χ0) is 24.7. The molecule has 0 radical (unpaired) electrons. The molecule has 4 aromatic rings. The number of para-hydroxylation sites is 2. The van der Waals surface area contributed by atoms with Gasteiger partial charge in [-0.25, -0.2) is 9.36 Å². The van der Waals surface area contributed by atoms with E-state index in [4.69, 9.17) is 11.6 Å². The number of nitrogens with zero attached hydrogens (tertiary/aromatic N) is 4. The Kier molecular flexibility index (Phi) is 6.11. The van der Waals surface area contributed by atoms with Crippen LogP contribution in [0.1, 0.15) is 20.8 Å². The Balaban J connectivity index is 2.15. The Labute approximate surface area is 202 Å². The molecule has 2 heterocycles. The van der Waals surface area contributed by atoms with Crippen LogP contribution < -0.4 is 11.2 Å². The Bertz CT molecular complexity index is 1580. The summed E-state index contributed by atoms with van der Waals surface area (Å²) in [5.41, 5.74) is -1.00. The maximum atomic E-state index is 13.7. The van der Waals surface area contributed by atoms with Crippen molar-refractivity contribution in [3.05, 3.63) is 101 Å². The van der Waals surface area contributed by atoms with Gasteiger partial charge in [0, 0.05) is 25.2 Å². The van der Waals surface area contributed by atoms with Gasteiger partial charge in [-0.05, 0) is 30.2 Å². The molecule has 34 heavy (non-hydrogen) atoms. The molecule has 0 spiro atoms. The molecule has 0 bridgehead atoms. The van der Waals surface area contributed by atoms with Crippen molar-refractivity contribution in [2.24, 2.45) is 0 Å². The Morgan fingerprint density at radius 2 is 1.76 bits per heavy atom. The van der Waals surface area contributed by atoms with Crippen molar-refractivity contribution in [1.29, 1.82) is 0 Å². The standard InChI is InChI=1S/C23H19ClN4O5S/c1-13-18-20(29)27(16-10-6-7-11-17(16)28(32)33)23(31)26(12-14-8-4-5-9-15(14)24)22(18)34-19(13)21(30)25(2)3/h4-11H,12H2,1-3H3. The maximum Gasteiger partial charge on any atom is 0.337 e. The van der Waals surface area contributed by atoms with E-state index in [1.54, 1.807) is 45.3 Å². The van der Waals surface area contributed by atoms with Crippen molar-refractivity contribution < 1.29 is 9.72 Å². The SMILES string of the molecule is Cc1c(C(=O)N(C)C)sc2c1c(=O)n(-c1ccccc1[N+](=O)[O-])c(=O)n2Cc1ccccc1Cl. The zero-order valence-electron chi connectivity index (χ0n) is 18.4. The first-order valence-corrected chi connectivity index (χ1v) is 11.3. The second-order valence-electron chi connectivity index (χ2n) is 7.78. The summed E-state index contributed by atoms with van der Waals surface area (Å²) in [4.78, 5) is 53.1. The summed E-state index contributed by atoms with van der Waals surface area (Å²) in [6.45, 7) is 1.64. The average Bonchev–Trinajstić information content (AvgIpc) is 3.14. The van der Waals surface area contributed by atoms with Crippen molar-refractivity contribution >= 4 is 44.7 Å². The number of aromatic nitrogens is 2. The van der Waals surface area contributed by atoms with Gasteiger partial charge in [0.15, 0.2) is 0 Å². The molecule has 0 aliphatic heterocycles. The molecule has 2 aromatic heterocycles. The molecule has 0 N–H and O–H groups in total. The van der Waals surface area contributed by atoms with Gasteiger partial charge in [-0.15, -0.1) is 11.3 Å². The van der Waals surface area contributed by atoms with E-state index in [9.17, 15) is 24.5 Å². The minimum absolute atomic E-state index is 0.00542. The quantitative estimate of drug-likeness (QED) is 0.307. The third kappa shape index (κ3) is 3.80. The Morgan fingerprint density at radius 3 is 2.41 bits per heavy atom. The van der Waals surface area contributed by atoms with Crippen LogP contribution >= 0.6 is 22.9 Å². The van der Waals surface area contributed by atoms with Crippen LogP contribution in [0.3, 0.4) is 0 Å². The third-order valence-corrected chi connectivity index (χ3v) is 7.09. The highest BCUT2D eigenvalue weighted by atomic mass is 35.5. The predicted molar refractivity (Wildman–Crippen MR) is 132 cm³/mol. The van der Waals surface area contributed by atoms with Crippen molar-refractivity contribution in [2.45, 2.75) is 13.5 Å². The summed E-state index contributed by atoms with van der Waals surface area (Å²) in [6.07, 6.45) is 0. The van der Waals surface area contributed by atoms with Gasteiger partial charge in [0.2, 0.25) is 0 Å². The number of halogens is 1. The molecule has 0 aliphatic carbocycles. The molecule has 174 valence electrons. The molecule has 0 fully saturated rings. The second-order valence-corrected chi connectivity index (χ2v) is 9.19. The third-order valence-electron chi connectivity index (χ3n) is 5.42. The van der Waals surface area contributed by atoms with Crippen molar-refractivity contribution in [3.63, 3.8) is 0 Å². The number of hydrogen-bond donors (Lipinski definition) is 0. The Morgan fingerprint density at radius 1 is 1.12 bits per heavy atom. The normalized spacial score (nSPS) is 11.1. The Hall–Kier alpha value is -3.76. The minimum atomic E-state index is -0.767. The van der Waals surface area contributed by atoms with E-state index >= 15 is 0 Å². The molecule has 0 unspecified atom stereocenters. The molecule has 4 rings (SSSR count). The van der Waals surface area contributed by atoms with E-state index in [-0.39, 0.29) is 29.2 Å². The number of hydrogen-bond acceptors (Lipinski definition) is 6. The van der Waals surface area contributed by atoms with E-state index < -0.39 is 16.2 Å². The van der Waals surface area contributed by atoms with Gasteiger partial charge in [-0.3, -0.25) is 24.3 Å². The predicted octanol–water partition coefficient (Wildman–Crippen LogP) is 3.83. The lowest BCUT2D eigenvalue weighted by Gasteiger charge is -2.13. The van der Waals surface area contributed by atoms with E-state index in [1.807, 2.05) is 0 Å². The summed E-state index contributed by atoms with van der Waals surface area (Å²) < 4.78 is 2.12.